The minimum atomic E-state index is -0.698. The Hall–Kier alpha value is -1.96. The number of carbonyl (C=O) groups is 2. The highest BCUT2D eigenvalue weighted by Gasteiger charge is 2.38. The lowest BCUT2D eigenvalue weighted by molar-refractivity contribution is -0.129. The van der Waals surface area contributed by atoms with E-state index >= 15 is 0 Å². The fourth-order valence-electron chi connectivity index (χ4n) is 2.45. The van der Waals surface area contributed by atoms with E-state index in [1.54, 1.807) is 25.1 Å². The Morgan fingerprint density at radius 3 is 2.65 bits per heavy atom. The molecular formula is C19H15BrN2O2S2. The molecule has 2 amide bonds. The lowest BCUT2D eigenvalue weighted by Gasteiger charge is -2.22. The molecule has 132 valence electrons. The van der Waals surface area contributed by atoms with Gasteiger partial charge in [-0.1, -0.05) is 70.2 Å². The Bertz CT molecular complexity index is 899. The number of halogens is 1. The molecule has 1 unspecified atom stereocenters. The zero-order chi connectivity index (χ0) is 18.7. The van der Waals surface area contributed by atoms with Crippen molar-refractivity contribution in [2.75, 3.05) is 5.32 Å². The Morgan fingerprint density at radius 1 is 1.23 bits per heavy atom. The van der Waals surface area contributed by atoms with Gasteiger partial charge in [0.05, 0.1) is 4.91 Å². The van der Waals surface area contributed by atoms with Gasteiger partial charge in [0.1, 0.15) is 10.4 Å². The monoisotopic (exact) mass is 446 g/mol. The summed E-state index contributed by atoms with van der Waals surface area (Å²) in [6.45, 7) is 1.67. The van der Waals surface area contributed by atoms with E-state index in [9.17, 15) is 9.59 Å². The van der Waals surface area contributed by atoms with E-state index in [-0.39, 0.29) is 11.8 Å². The third-order valence-corrected chi connectivity index (χ3v) is 5.60. The van der Waals surface area contributed by atoms with Crippen LogP contribution in [0.2, 0.25) is 0 Å². The lowest BCUT2D eigenvalue weighted by Crippen LogP contribution is -2.44. The van der Waals surface area contributed by atoms with Crippen LogP contribution in [-0.4, -0.2) is 27.1 Å². The van der Waals surface area contributed by atoms with Crippen LogP contribution in [0.1, 0.15) is 12.5 Å². The van der Waals surface area contributed by atoms with Crippen molar-refractivity contribution in [1.29, 1.82) is 0 Å². The average molecular weight is 447 g/mol. The lowest BCUT2D eigenvalue weighted by atomic mass is 10.2. The molecule has 0 aromatic heterocycles. The van der Waals surface area contributed by atoms with Gasteiger partial charge in [-0.05, 0) is 42.8 Å². The van der Waals surface area contributed by atoms with Crippen molar-refractivity contribution in [3.8, 4) is 0 Å². The summed E-state index contributed by atoms with van der Waals surface area (Å²) >= 11 is 9.96. The van der Waals surface area contributed by atoms with Gasteiger partial charge in [0, 0.05) is 10.2 Å². The van der Waals surface area contributed by atoms with Gasteiger partial charge in [-0.25, -0.2) is 0 Å². The predicted octanol–water partition coefficient (Wildman–Crippen LogP) is 4.68. The van der Waals surface area contributed by atoms with E-state index in [1.165, 1.54) is 16.7 Å². The maximum atomic E-state index is 12.8. The SMILES string of the molecule is CC(C(=O)Nc1ccccc1)N1C(=O)/C(=C/c2cccc(Br)c2)SC1=S. The molecule has 1 aliphatic heterocycles. The number of benzene rings is 2. The Balaban J connectivity index is 1.77. The molecule has 1 N–H and O–H groups in total. The Morgan fingerprint density at radius 2 is 1.96 bits per heavy atom. The first-order valence-electron chi connectivity index (χ1n) is 7.84. The zero-order valence-electron chi connectivity index (χ0n) is 13.8. The number of nitrogens with zero attached hydrogens (tertiary/aromatic N) is 1. The number of para-hydroxylation sites is 1. The molecule has 1 aliphatic rings. The summed E-state index contributed by atoms with van der Waals surface area (Å²) in [7, 11) is 0. The molecular weight excluding hydrogens is 432 g/mol. The van der Waals surface area contributed by atoms with E-state index in [2.05, 4.69) is 21.2 Å². The van der Waals surface area contributed by atoms with Gasteiger partial charge in [0.2, 0.25) is 5.91 Å². The van der Waals surface area contributed by atoms with Crippen molar-refractivity contribution < 1.29 is 9.59 Å². The van der Waals surface area contributed by atoms with Crippen LogP contribution < -0.4 is 5.32 Å². The maximum Gasteiger partial charge on any atom is 0.266 e. The molecule has 0 spiro atoms. The third kappa shape index (κ3) is 4.23. The summed E-state index contributed by atoms with van der Waals surface area (Å²) < 4.78 is 1.31. The second kappa shape index (κ2) is 8.16. The summed E-state index contributed by atoms with van der Waals surface area (Å²) in [6, 6.07) is 16.1. The van der Waals surface area contributed by atoms with Crippen LogP contribution in [0.3, 0.4) is 0 Å². The highest BCUT2D eigenvalue weighted by molar-refractivity contribution is 9.10. The second-order valence-electron chi connectivity index (χ2n) is 5.64. The van der Waals surface area contributed by atoms with Crippen LogP contribution in [0.15, 0.2) is 64.0 Å². The first-order chi connectivity index (χ1) is 12.5. The highest BCUT2D eigenvalue weighted by atomic mass is 79.9. The molecule has 1 atom stereocenters. The van der Waals surface area contributed by atoms with Gasteiger partial charge in [0.15, 0.2) is 0 Å². The Labute approximate surface area is 169 Å². The largest absolute Gasteiger partial charge is 0.324 e. The van der Waals surface area contributed by atoms with Crippen LogP contribution in [0.5, 0.6) is 0 Å². The standard InChI is InChI=1S/C19H15BrN2O2S2/c1-12(17(23)21-15-8-3-2-4-9-15)22-18(24)16(26-19(22)25)11-13-6-5-7-14(20)10-13/h2-12H,1H3,(H,21,23)/b16-11-. The number of amides is 2. The number of carbonyl (C=O) groups excluding carboxylic acids is 2. The molecule has 1 saturated heterocycles. The molecule has 26 heavy (non-hydrogen) atoms. The van der Waals surface area contributed by atoms with Crippen molar-refractivity contribution in [2.24, 2.45) is 0 Å². The average Bonchev–Trinajstić information content (AvgIpc) is 2.88. The van der Waals surface area contributed by atoms with Crippen molar-refractivity contribution >= 4 is 67.8 Å². The predicted molar refractivity (Wildman–Crippen MR) is 114 cm³/mol. The minimum Gasteiger partial charge on any atom is -0.324 e. The highest BCUT2D eigenvalue weighted by Crippen LogP contribution is 2.34. The van der Waals surface area contributed by atoms with Gasteiger partial charge < -0.3 is 5.32 Å². The smallest absolute Gasteiger partial charge is 0.266 e. The van der Waals surface area contributed by atoms with E-state index in [4.69, 9.17) is 12.2 Å². The van der Waals surface area contributed by atoms with Crippen molar-refractivity contribution in [2.45, 2.75) is 13.0 Å². The molecule has 3 rings (SSSR count). The molecule has 4 nitrogen and oxygen atoms in total. The number of hydrogen-bond acceptors (Lipinski definition) is 4. The first kappa shape index (κ1) is 18.8. The van der Waals surface area contributed by atoms with Gasteiger partial charge in [0.25, 0.3) is 5.91 Å². The van der Waals surface area contributed by atoms with Gasteiger partial charge in [-0.3, -0.25) is 14.5 Å². The molecule has 2 aromatic carbocycles. The quantitative estimate of drug-likeness (QED) is 0.547. The molecule has 0 bridgehead atoms. The van der Waals surface area contributed by atoms with Crippen LogP contribution in [0, 0.1) is 0 Å². The van der Waals surface area contributed by atoms with Crippen molar-refractivity contribution in [3.05, 3.63) is 69.5 Å². The summed E-state index contributed by atoms with van der Waals surface area (Å²) in [5, 5.41) is 2.80. The normalized spacial score (nSPS) is 16.8. The molecule has 0 radical (unpaired) electrons. The number of hydrogen-bond donors (Lipinski definition) is 1. The molecule has 1 fully saturated rings. The minimum absolute atomic E-state index is 0.254. The van der Waals surface area contributed by atoms with Crippen LogP contribution >= 0.6 is 39.9 Å². The molecule has 1 heterocycles. The molecule has 7 heteroatoms. The second-order valence-corrected chi connectivity index (χ2v) is 8.23. The third-order valence-electron chi connectivity index (χ3n) is 3.78. The number of nitrogens with one attached hydrogen (secondary N) is 1. The fourth-order valence-corrected chi connectivity index (χ4v) is 4.28. The summed E-state index contributed by atoms with van der Waals surface area (Å²) in [6.07, 6.45) is 1.78. The summed E-state index contributed by atoms with van der Waals surface area (Å²) in [5.74, 6) is -0.535. The van der Waals surface area contributed by atoms with Crippen LogP contribution in [0.25, 0.3) is 6.08 Å². The summed E-state index contributed by atoms with van der Waals surface area (Å²) in [4.78, 5) is 27.1. The first-order valence-corrected chi connectivity index (χ1v) is 9.86. The van der Waals surface area contributed by atoms with Gasteiger partial charge >= 0.3 is 0 Å². The van der Waals surface area contributed by atoms with Crippen LogP contribution in [0.4, 0.5) is 5.69 Å². The fraction of sp³-hybridized carbons (Fsp3) is 0.105. The molecule has 2 aromatic rings. The van der Waals surface area contributed by atoms with E-state index < -0.39 is 6.04 Å². The van der Waals surface area contributed by atoms with Gasteiger partial charge in [-0.15, -0.1) is 0 Å². The van der Waals surface area contributed by atoms with Gasteiger partial charge in [-0.2, -0.15) is 0 Å². The number of rotatable bonds is 4. The summed E-state index contributed by atoms with van der Waals surface area (Å²) in [5.41, 5.74) is 1.57. The van der Waals surface area contributed by atoms with E-state index in [0.717, 1.165) is 10.0 Å². The van der Waals surface area contributed by atoms with Crippen LogP contribution in [-0.2, 0) is 9.59 Å². The zero-order valence-corrected chi connectivity index (χ0v) is 17.0. The number of anilines is 1. The Kier molecular flexibility index (Phi) is 5.90. The number of thiocarbonyl (C=S) groups is 1. The topological polar surface area (TPSA) is 49.4 Å². The van der Waals surface area contributed by atoms with Crippen molar-refractivity contribution in [1.82, 2.24) is 4.90 Å². The van der Waals surface area contributed by atoms with E-state index in [0.29, 0.717) is 14.9 Å². The van der Waals surface area contributed by atoms with E-state index in [1.807, 2.05) is 42.5 Å². The van der Waals surface area contributed by atoms with Crippen molar-refractivity contribution in [3.63, 3.8) is 0 Å². The maximum absolute atomic E-state index is 12.8. The number of thioether (sulfide) groups is 1. The molecule has 0 aliphatic carbocycles. The molecule has 0 saturated carbocycles.